The van der Waals surface area contributed by atoms with E-state index in [2.05, 4.69) is 16.7 Å². The van der Waals surface area contributed by atoms with Crippen molar-refractivity contribution in [3.8, 4) is 0 Å². The summed E-state index contributed by atoms with van der Waals surface area (Å²) in [5.74, 6) is 0.753. The van der Waals surface area contributed by atoms with Crippen molar-refractivity contribution in [2.24, 2.45) is 11.7 Å². The third-order valence-electron chi connectivity index (χ3n) is 5.62. The van der Waals surface area contributed by atoms with E-state index < -0.39 is 0 Å². The first kappa shape index (κ1) is 12.9. The van der Waals surface area contributed by atoms with E-state index in [0.717, 1.165) is 30.6 Å². The van der Waals surface area contributed by atoms with Crippen molar-refractivity contribution in [1.29, 1.82) is 0 Å². The van der Waals surface area contributed by atoms with Crippen molar-refractivity contribution in [2.45, 2.75) is 63.6 Å². The first-order valence-electron chi connectivity index (χ1n) is 7.97. The van der Waals surface area contributed by atoms with Crippen LogP contribution >= 0.6 is 0 Å². The standard InChI is InChI=1S/C15H29N3/c1-12-4-5-13(10-16)11-18(12)15-6-8-17-7-2-3-14(17)9-15/h12-15H,2-11,16H2,1H3. The molecule has 0 bridgehead atoms. The maximum absolute atomic E-state index is 5.89. The number of piperidine rings is 2. The average molecular weight is 251 g/mol. The maximum atomic E-state index is 5.89. The normalized spacial score (nSPS) is 43.0. The molecule has 0 aromatic carbocycles. The molecule has 3 rings (SSSR count). The summed E-state index contributed by atoms with van der Waals surface area (Å²) in [6, 6.07) is 2.52. The lowest BCUT2D eigenvalue weighted by molar-refractivity contribution is 0.0262. The quantitative estimate of drug-likeness (QED) is 0.810. The van der Waals surface area contributed by atoms with Crippen molar-refractivity contribution in [3.63, 3.8) is 0 Å². The monoisotopic (exact) mass is 251 g/mol. The lowest BCUT2D eigenvalue weighted by atomic mass is 9.88. The lowest BCUT2D eigenvalue weighted by Crippen LogP contribution is -2.54. The van der Waals surface area contributed by atoms with Gasteiger partial charge < -0.3 is 10.6 Å². The molecule has 3 aliphatic heterocycles. The highest BCUT2D eigenvalue weighted by atomic mass is 15.2. The fourth-order valence-corrected chi connectivity index (χ4v) is 4.42. The summed E-state index contributed by atoms with van der Waals surface area (Å²) in [6.07, 6.45) is 8.38. The van der Waals surface area contributed by atoms with E-state index in [1.54, 1.807) is 0 Å². The molecule has 18 heavy (non-hydrogen) atoms. The van der Waals surface area contributed by atoms with Gasteiger partial charge in [0.05, 0.1) is 0 Å². The van der Waals surface area contributed by atoms with Gasteiger partial charge in [-0.25, -0.2) is 0 Å². The molecule has 0 aromatic heterocycles. The Morgan fingerprint density at radius 1 is 1.06 bits per heavy atom. The number of rotatable bonds is 2. The van der Waals surface area contributed by atoms with Gasteiger partial charge in [-0.2, -0.15) is 0 Å². The van der Waals surface area contributed by atoms with E-state index in [4.69, 9.17) is 5.73 Å². The van der Waals surface area contributed by atoms with E-state index in [-0.39, 0.29) is 0 Å². The van der Waals surface area contributed by atoms with Crippen LogP contribution < -0.4 is 5.73 Å². The molecular formula is C15H29N3. The van der Waals surface area contributed by atoms with E-state index >= 15 is 0 Å². The summed E-state index contributed by atoms with van der Waals surface area (Å²) in [5, 5.41) is 0. The van der Waals surface area contributed by atoms with E-state index in [0.29, 0.717) is 0 Å². The summed E-state index contributed by atoms with van der Waals surface area (Å²) in [4.78, 5) is 5.53. The molecule has 4 unspecified atom stereocenters. The Balaban J connectivity index is 1.62. The minimum Gasteiger partial charge on any atom is -0.330 e. The number of fused-ring (bicyclic) bond motifs is 1. The van der Waals surface area contributed by atoms with Crippen molar-refractivity contribution in [1.82, 2.24) is 9.80 Å². The Kier molecular flexibility index (Phi) is 3.92. The van der Waals surface area contributed by atoms with Crippen molar-refractivity contribution < 1.29 is 0 Å². The number of likely N-dealkylation sites (tertiary alicyclic amines) is 1. The maximum Gasteiger partial charge on any atom is 0.0125 e. The summed E-state index contributed by atoms with van der Waals surface area (Å²) < 4.78 is 0. The Hall–Kier alpha value is -0.120. The van der Waals surface area contributed by atoms with Crippen LogP contribution in [0.1, 0.15) is 45.4 Å². The van der Waals surface area contributed by atoms with Gasteiger partial charge in [0.15, 0.2) is 0 Å². The fourth-order valence-electron chi connectivity index (χ4n) is 4.42. The molecular weight excluding hydrogens is 222 g/mol. The molecule has 4 atom stereocenters. The average Bonchev–Trinajstić information content (AvgIpc) is 2.86. The SMILES string of the molecule is CC1CCC(CN)CN1C1CCN2CCCC2C1. The van der Waals surface area contributed by atoms with Gasteiger partial charge in [-0.15, -0.1) is 0 Å². The molecule has 3 heterocycles. The minimum atomic E-state index is 0.753. The highest BCUT2D eigenvalue weighted by Crippen LogP contribution is 2.33. The van der Waals surface area contributed by atoms with Crippen LogP contribution in [0.5, 0.6) is 0 Å². The summed E-state index contributed by atoms with van der Waals surface area (Å²) in [5.41, 5.74) is 5.89. The van der Waals surface area contributed by atoms with Gasteiger partial charge in [0.1, 0.15) is 0 Å². The van der Waals surface area contributed by atoms with E-state index in [1.165, 1.54) is 58.2 Å². The minimum absolute atomic E-state index is 0.753. The third kappa shape index (κ3) is 2.45. The van der Waals surface area contributed by atoms with Crippen LogP contribution in [0.25, 0.3) is 0 Å². The van der Waals surface area contributed by atoms with Gasteiger partial charge in [-0.05, 0) is 71.0 Å². The second-order valence-corrected chi connectivity index (χ2v) is 6.74. The topological polar surface area (TPSA) is 32.5 Å². The third-order valence-corrected chi connectivity index (χ3v) is 5.62. The molecule has 3 aliphatic rings. The molecule has 0 saturated carbocycles. The highest BCUT2D eigenvalue weighted by Gasteiger charge is 2.37. The Bertz CT molecular complexity index is 281. The summed E-state index contributed by atoms with van der Waals surface area (Å²) in [6.45, 7) is 7.26. The zero-order chi connectivity index (χ0) is 12.5. The number of nitrogens with two attached hydrogens (primary N) is 1. The molecule has 0 aliphatic carbocycles. The van der Waals surface area contributed by atoms with Crippen molar-refractivity contribution in [3.05, 3.63) is 0 Å². The van der Waals surface area contributed by atoms with Gasteiger partial charge in [0.25, 0.3) is 0 Å². The number of hydrogen-bond acceptors (Lipinski definition) is 3. The van der Waals surface area contributed by atoms with Crippen LogP contribution in [0.2, 0.25) is 0 Å². The van der Waals surface area contributed by atoms with Crippen molar-refractivity contribution >= 4 is 0 Å². The van der Waals surface area contributed by atoms with Crippen LogP contribution in [-0.4, -0.2) is 54.1 Å². The molecule has 2 N–H and O–H groups in total. The first-order valence-corrected chi connectivity index (χ1v) is 7.97. The number of hydrogen-bond donors (Lipinski definition) is 1. The van der Waals surface area contributed by atoms with Crippen LogP contribution in [0.3, 0.4) is 0 Å². The predicted molar refractivity (Wildman–Crippen MR) is 75.6 cm³/mol. The largest absolute Gasteiger partial charge is 0.330 e. The molecule has 0 amide bonds. The lowest BCUT2D eigenvalue weighted by Gasteiger charge is -2.47. The highest BCUT2D eigenvalue weighted by molar-refractivity contribution is 4.93. The van der Waals surface area contributed by atoms with Crippen LogP contribution in [0.4, 0.5) is 0 Å². The Labute approximate surface area is 112 Å². The molecule has 3 fully saturated rings. The molecule has 3 nitrogen and oxygen atoms in total. The fraction of sp³-hybridized carbons (Fsp3) is 1.00. The van der Waals surface area contributed by atoms with Gasteiger partial charge in [0.2, 0.25) is 0 Å². The number of nitrogens with zero attached hydrogens (tertiary/aromatic N) is 2. The van der Waals surface area contributed by atoms with Crippen molar-refractivity contribution in [2.75, 3.05) is 26.2 Å². The second kappa shape index (κ2) is 5.48. The zero-order valence-corrected chi connectivity index (χ0v) is 11.9. The molecule has 3 saturated heterocycles. The van der Waals surface area contributed by atoms with Gasteiger partial charge >= 0.3 is 0 Å². The van der Waals surface area contributed by atoms with Crippen LogP contribution in [0, 0.1) is 5.92 Å². The first-order chi connectivity index (χ1) is 8.78. The Morgan fingerprint density at radius 2 is 1.94 bits per heavy atom. The summed E-state index contributed by atoms with van der Waals surface area (Å²) >= 11 is 0. The van der Waals surface area contributed by atoms with Crippen LogP contribution in [0.15, 0.2) is 0 Å². The summed E-state index contributed by atoms with van der Waals surface area (Å²) in [7, 11) is 0. The molecule has 0 aromatic rings. The van der Waals surface area contributed by atoms with Gasteiger partial charge in [0, 0.05) is 24.7 Å². The van der Waals surface area contributed by atoms with Crippen LogP contribution in [-0.2, 0) is 0 Å². The van der Waals surface area contributed by atoms with Gasteiger partial charge in [-0.1, -0.05) is 0 Å². The smallest absolute Gasteiger partial charge is 0.0125 e. The van der Waals surface area contributed by atoms with E-state index in [9.17, 15) is 0 Å². The van der Waals surface area contributed by atoms with Gasteiger partial charge in [-0.3, -0.25) is 4.90 Å². The predicted octanol–water partition coefficient (Wildman–Crippen LogP) is 1.67. The molecule has 0 spiro atoms. The Morgan fingerprint density at radius 3 is 2.78 bits per heavy atom. The van der Waals surface area contributed by atoms with E-state index in [1.807, 2.05) is 0 Å². The molecule has 0 radical (unpaired) electrons. The molecule has 3 heteroatoms. The zero-order valence-electron chi connectivity index (χ0n) is 11.9. The second-order valence-electron chi connectivity index (χ2n) is 6.74. The molecule has 104 valence electrons.